The van der Waals surface area contributed by atoms with E-state index in [9.17, 15) is 0 Å². The molecule has 2 aliphatic rings. The molecule has 0 amide bonds. The lowest BCUT2D eigenvalue weighted by Gasteiger charge is -2.18. The number of rotatable bonds is 10. The predicted molar refractivity (Wildman–Crippen MR) is 143 cm³/mol. The summed E-state index contributed by atoms with van der Waals surface area (Å²) in [5, 5.41) is 0. The molecule has 2 saturated heterocycles. The van der Waals surface area contributed by atoms with Gasteiger partial charge in [-0.05, 0) is 98.7 Å². The van der Waals surface area contributed by atoms with Crippen molar-refractivity contribution in [2.24, 2.45) is 0 Å². The molecule has 4 nitrogen and oxygen atoms in total. The van der Waals surface area contributed by atoms with E-state index >= 15 is 0 Å². The maximum absolute atomic E-state index is 6.01. The van der Waals surface area contributed by atoms with Crippen molar-refractivity contribution in [1.82, 2.24) is 9.80 Å². The summed E-state index contributed by atoms with van der Waals surface area (Å²) in [6, 6.07) is 24.0. The van der Waals surface area contributed by atoms with Gasteiger partial charge in [0.05, 0.1) is 7.11 Å². The van der Waals surface area contributed by atoms with Gasteiger partial charge in [-0.3, -0.25) is 9.80 Å². The first-order chi connectivity index (χ1) is 17.3. The molecule has 0 unspecified atom stereocenters. The zero-order valence-electron chi connectivity index (χ0n) is 21.0. The molecule has 0 atom stereocenters. The van der Waals surface area contributed by atoms with E-state index in [0.717, 1.165) is 37.6 Å². The van der Waals surface area contributed by atoms with Crippen LogP contribution in [0.5, 0.6) is 11.5 Å². The Bertz CT molecular complexity index is 1080. The van der Waals surface area contributed by atoms with E-state index in [1.165, 1.54) is 79.7 Å². The first-order valence-electron chi connectivity index (χ1n) is 13.2. The Balaban J connectivity index is 1.25. The van der Waals surface area contributed by atoms with E-state index < -0.39 is 0 Å². The molecular weight excluding hydrogens is 432 g/mol. The molecule has 3 aromatic rings. The fourth-order valence-corrected chi connectivity index (χ4v) is 5.42. The van der Waals surface area contributed by atoms with Crippen molar-refractivity contribution >= 4 is 0 Å². The van der Waals surface area contributed by atoms with Crippen molar-refractivity contribution in [1.29, 1.82) is 0 Å². The molecule has 4 heteroatoms. The van der Waals surface area contributed by atoms with Crippen molar-refractivity contribution in [3.63, 3.8) is 0 Å². The van der Waals surface area contributed by atoms with Gasteiger partial charge in [0.1, 0.15) is 18.1 Å². The number of methoxy groups -OCH3 is 1. The summed E-state index contributed by atoms with van der Waals surface area (Å²) in [5.41, 5.74) is 6.39. The summed E-state index contributed by atoms with van der Waals surface area (Å²) in [6.45, 7) is 7.57. The van der Waals surface area contributed by atoms with E-state index in [-0.39, 0.29) is 0 Å². The minimum Gasteiger partial charge on any atom is -0.496 e. The van der Waals surface area contributed by atoms with Gasteiger partial charge in [0, 0.05) is 18.7 Å². The summed E-state index contributed by atoms with van der Waals surface area (Å²) in [5.74, 6) is 1.95. The Morgan fingerprint density at radius 2 is 1.46 bits per heavy atom. The van der Waals surface area contributed by atoms with Crippen LogP contribution in [0.4, 0.5) is 0 Å². The number of hydrogen-bond donors (Lipinski definition) is 0. The second-order valence-electron chi connectivity index (χ2n) is 9.88. The highest BCUT2D eigenvalue weighted by molar-refractivity contribution is 5.68. The van der Waals surface area contributed by atoms with Crippen molar-refractivity contribution in [2.75, 3.05) is 46.4 Å². The summed E-state index contributed by atoms with van der Waals surface area (Å²) in [7, 11) is 1.79. The quantitative estimate of drug-likeness (QED) is 0.362. The SMILES string of the molecule is COc1cc(Cc2ccccc2-c2ccc(OCCN3CCCC3)cc2)ccc1CN1CCCC1. The monoisotopic (exact) mass is 470 g/mol. The van der Waals surface area contributed by atoms with Crippen LogP contribution in [-0.4, -0.2) is 56.2 Å². The standard InChI is InChI=1S/C31H38N2O2/c1-34-31-23-25(10-11-28(31)24-33-18-6-7-19-33)22-27-8-2-3-9-30(27)26-12-14-29(15-13-26)35-21-20-32-16-4-5-17-32/h2-3,8-15,23H,4-7,16-22,24H2,1H3. The fraction of sp³-hybridized carbons (Fsp3) is 0.419. The minimum atomic E-state index is 0.755. The second kappa shape index (κ2) is 11.7. The van der Waals surface area contributed by atoms with Gasteiger partial charge >= 0.3 is 0 Å². The normalized spacial score (nSPS) is 16.6. The molecule has 2 fully saturated rings. The zero-order chi connectivity index (χ0) is 23.9. The third-order valence-electron chi connectivity index (χ3n) is 7.40. The number of ether oxygens (including phenoxy) is 2. The molecule has 35 heavy (non-hydrogen) atoms. The average Bonchev–Trinajstić information content (AvgIpc) is 3.61. The maximum atomic E-state index is 6.01. The number of benzene rings is 3. The Morgan fingerprint density at radius 3 is 2.20 bits per heavy atom. The molecule has 3 aromatic carbocycles. The molecule has 0 saturated carbocycles. The van der Waals surface area contributed by atoms with Crippen LogP contribution in [0.3, 0.4) is 0 Å². The highest BCUT2D eigenvalue weighted by Crippen LogP contribution is 2.30. The van der Waals surface area contributed by atoms with Gasteiger partial charge in [-0.2, -0.15) is 0 Å². The van der Waals surface area contributed by atoms with E-state index in [0.29, 0.717) is 0 Å². The topological polar surface area (TPSA) is 24.9 Å². The molecule has 0 aromatic heterocycles. The molecule has 5 rings (SSSR count). The minimum absolute atomic E-state index is 0.755. The third kappa shape index (κ3) is 6.25. The summed E-state index contributed by atoms with van der Waals surface area (Å²) < 4.78 is 11.8. The van der Waals surface area contributed by atoms with Gasteiger partial charge in [-0.15, -0.1) is 0 Å². The van der Waals surface area contributed by atoms with Crippen LogP contribution in [0.1, 0.15) is 42.4 Å². The lowest BCUT2D eigenvalue weighted by Crippen LogP contribution is -2.25. The molecule has 0 bridgehead atoms. The van der Waals surface area contributed by atoms with Crippen LogP contribution in [0.2, 0.25) is 0 Å². The number of nitrogens with zero attached hydrogens (tertiary/aromatic N) is 2. The fourth-order valence-electron chi connectivity index (χ4n) is 5.42. The smallest absolute Gasteiger partial charge is 0.123 e. The molecule has 0 aliphatic carbocycles. The molecule has 0 radical (unpaired) electrons. The largest absolute Gasteiger partial charge is 0.496 e. The molecule has 0 N–H and O–H groups in total. The molecule has 0 spiro atoms. The molecule has 184 valence electrons. The Morgan fingerprint density at radius 1 is 0.743 bits per heavy atom. The third-order valence-corrected chi connectivity index (χ3v) is 7.40. The van der Waals surface area contributed by atoms with E-state index in [2.05, 4.69) is 76.5 Å². The number of likely N-dealkylation sites (tertiary alicyclic amines) is 2. The Labute approximate surface area is 210 Å². The number of hydrogen-bond acceptors (Lipinski definition) is 4. The Kier molecular flexibility index (Phi) is 8.02. The molecule has 2 heterocycles. The average molecular weight is 471 g/mol. The van der Waals surface area contributed by atoms with Crippen molar-refractivity contribution in [3.8, 4) is 22.6 Å². The highest BCUT2D eigenvalue weighted by Gasteiger charge is 2.15. The first kappa shape index (κ1) is 23.9. The lowest BCUT2D eigenvalue weighted by atomic mass is 9.94. The second-order valence-corrected chi connectivity index (χ2v) is 9.88. The zero-order valence-corrected chi connectivity index (χ0v) is 21.0. The first-order valence-corrected chi connectivity index (χ1v) is 13.2. The Hall–Kier alpha value is -2.82. The molecular formula is C31H38N2O2. The van der Waals surface area contributed by atoms with Crippen LogP contribution in [0, 0.1) is 0 Å². The van der Waals surface area contributed by atoms with E-state index in [4.69, 9.17) is 9.47 Å². The van der Waals surface area contributed by atoms with Crippen LogP contribution in [0.15, 0.2) is 66.7 Å². The van der Waals surface area contributed by atoms with Gasteiger partial charge in [0.25, 0.3) is 0 Å². The predicted octanol–water partition coefficient (Wildman–Crippen LogP) is 6.02. The van der Waals surface area contributed by atoms with Crippen LogP contribution in [-0.2, 0) is 13.0 Å². The molecule has 2 aliphatic heterocycles. The van der Waals surface area contributed by atoms with E-state index in [1.807, 2.05) is 0 Å². The van der Waals surface area contributed by atoms with Crippen LogP contribution in [0.25, 0.3) is 11.1 Å². The van der Waals surface area contributed by atoms with Gasteiger partial charge in [-0.1, -0.05) is 48.5 Å². The summed E-state index contributed by atoms with van der Waals surface area (Å²) in [6.07, 6.45) is 6.14. The summed E-state index contributed by atoms with van der Waals surface area (Å²) in [4.78, 5) is 5.01. The lowest BCUT2D eigenvalue weighted by molar-refractivity contribution is 0.238. The van der Waals surface area contributed by atoms with Crippen LogP contribution >= 0.6 is 0 Å². The maximum Gasteiger partial charge on any atom is 0.123 e. The van der Waals surface area contributed by atoms with Gasteiger partial charge < -0.3 is 9.47 Å². The van der Waals surface area contributed by atoms with Crippen LogP contribution < -0.4 is 9.47 Å². The summed E-state index contributed by atoms with van der Waals surface area (Å²) >= 11 is 0. The van der Waals surface area contributed by atoms with E-state index in [1.54, 1.807) is 7.11 Å². The highest BCUT2D eigenvalue weighted by atomic mass is 16.5. The van der Waals surface area contributed by atoms with Crippen molar-refractivity contribution in [3.05, 3.63) is 83.4 Å². The van der Waals surface area contributed by atoms with Crippen molar-refractivity contribution in [2.45, 2.75) is 38.6 Å². The van der Waals surface area contributed by atoms with Gasteiger partial charge in [0.15, 0.2) is 0 Å². The van der Waals surface area contributed by atoms with Crippen molar-refractivity contribution < 1.29 is 9.47 Å². The van der Waals surface area contributed by atoms with Gasteiger partial charge in [-0.25, -0.2) is 0 Å². The van der Waals surface area contributed by atoms with Gasteiger partial charge in [0.2, 0.25) is 0 Å².